The summed E-state index contributed by atoms with van der Waals surface area (Å²) < 4.78 is 1.79. The normalized spacial score (nSPS) is 10.6. The third kappa shape index (κ3) is 1.78. The predicted molar refractivity (Wildman–Crippen MR) is 66.8 cm³/mol. The van der Waals surface area contributed by atoms with Crippen LogP contribution in [0.2, 0.25) is 0 Å². The second kappa shape index (κ2) is 4.35. The molecule has 2 heteroatoms. The third-order valence-corrected chi connectivity index (χ3v) is 2.71. The van der Waals surface area contributed by atoms with Crippen LogP contribution >= 0.6 is 0 Å². The fourth-order valence-corrected chi connectivity index (χ4v) is 2.02. The molecule has 0 aliphatic rings. The highest BCUT2D eigenvalue weighted by Crippen LogP contribution is 2.20. The van der Waals surface area contributed by atoms with Crippen LogP contribution in [0.5, 0.6) is 0 Å². The Morgan fingerprint density at radius 3 is 2.88 bits per heavy atom. The SMILES string of the molecule is C=CCCc1cc2ccccc2n1C(C)=O. The van der Waals surface area contributed by atoms with Crippen molar-refractivity contribution in [3.63, 3.8) is 0 Å². The first-order chi connectivity index (χ1) is 7.74. The number of allylic oxidation sites excluding steroid dienone is 1. The van der Waals surface area contributed by atoms with E-state index in [1.807, 2.05) is 30.3 Å². The van der Waals surface area contributed by atoms with Gasteiger partial charge in [0.05, 0.1) is 5.52 Å². The van der Waals surface area contributed by atoms with E-state index < -0.39 is 0 Å². The van der Waals surface area contributed by atoms with E-state index in [1.54, 1.807) is 11.5 Å². The van der Waals surface area contributed by atoms with Crippen LogP contribution in [0.4, 0.5) is 0 Å². The van der Waals surface area contributed by atoms with Crippen LogP contribution in [-0.2, 0) is 6.42 Å². The van der Waals surface area contributed by atoms with Gasteiger partial charge in [0.2, 0.25) is 5.91 Å². The maximum Gasteiger partial charge on any atom is 0.228 e. The quantitative estimate of drug-likeness (QED) is 0.716. The zero-order chi connectivity index (χ0) is 11.5. The Morgan fingerprint density at radius 1 is 1.44 bits per heavy atom. The summed E-state index contributed by atoms with van der Waals surface area (Å²) >= 11 is 0. The van der Waals surface area contributed by atoms with E-state index in [2.05, 4.69) is 12.6 Å². The van der Waals surface area contributed by atoms with Crippen LogP contribution in [0, 0.1) is 0 Å². The monoisotopic (exact) mass is 213 g/mol. The topological polar surface area (TPSA) is 22.0 Å². The average Bonchev–Trinajstić information content (AvgIpc) is 2.64. The first-order valence-electron chi connectivity index (χ1n) is 5.45. The lowest BCUT2D eigenvalue weighted by atomic mass is 10.2. The number of benzene rings is 1. The van der Waals surface area contributed by atoms with Crippen molar-refractivity contribution in [1.29, 1.82) is 0 Å². The van der Waals surface area contributed by atoms with Gasteiger partial charge in [-0.05, 0) is 25.0 Å². The number of carbonyl (C=O) groups excluding carboxylic acids is 1. The van der Waals surface area contributed by atoms with Crippen molar-refractivity contribution in [2.75, 3.05) is 0 Å². The lowest BCUT2D eigenvalue weighted by Crippen LogP contribution is -2.09. The summed E-state index contributed by atoms with van der Waals surface area (Å²) in [6, 6.07) is 10.0. The molecule has 0 fully saturated rings. The number of hydrogen-bond donors (Lipinski definition) is 0. The molecule has 0 aliphatic heterocycles. The molecule has 0 N–H and O–H groups in total. The van der Waals surface area contributed by atoms with Crippen LogP contribution in [0.1, 0.15) is 23.8 Å². The van der Waals surface area contributed by atoms with Gasteiger partial charge in [-0.15, -0.1) is 6.58 Å². The number of carbonyl (C=O) groups is 1. The van der Waals surface area contributed by atoms with Gasteiger partial charge in [0.25, 0.3) is 0 Å². The molecule has 2 nitrogen and oxygen atoms in total. The van der Waals surface area contributed by atoms with Crippen molar-refractivity contribution >= 4 is 16.8 Å². The van der Waals surface area contributed by atoms with Crippen molar-refractivity contribution in [1.82, 2.24) is 4.57 Å². The zero-order valence-corrected chi connectivity index (χ0v) is 9.44. The van der Waals surface area contributed by atoms with E-state index in [4.69, 9.17) is 0 Å². The van der Waals surface area contributed by atoms with E-state index in [-0.39, 0.29) is 5.91 Å². The molecule has 1 heterocycles. The lowest BCUT2D eigenvalue weighted by Gasteiger charge is -2.04. The van der Waals surface area contributed by atoms with E-state index in [0.717, 1.165) is 29.4 Å². The summed E-state index contributed by atoms with van der Waals surface area (Å²) in [6.07, 6.45) is 3.63. The van der Waals surface area contributed by atoms with E-state index >= 15 is 0 Å². The number of hydrogen-bond acceptors (Lipinski definition) is 1. The largest absolute Gasteiger partial charge is 0.284 e. The van der Waals surface area contributed by atoms with Crippen molar-refractivity contribution in [3.05, 3.63) is 48.7 Å². The smallest absolute Gasteiger partial charge is 0.228 e. The van der Waals surface area contributed by atoms with Gasteiger partial charge < -0.3 is 0 Å². The fraction of sp³-hybridized carbons (Fsp3) is 0.214. The first-order valence-corrected chi connectivity index (χ1v) is 5.45. The molecule has 0 atom stereocenters. The Labute approximate surface area is 95.2 Å². The van der Waals surface area contributed by atoms with Gasteiger partial charge in [-0.3, -0.25) is 9.36 Å². The molecule has 0 spiro atoms. The summed E-state index contributed by atoms with van der Waals surface area (Å²) in [4.78, 5) is 11.6. The van der Waals surface area contributed by atoms with Crippen LogP contribution in [0.25, 0.3) is 10.9 Å². The molecule has 1 aromatic heterocycles. The molecule has 0 saturated carbocycles. The summed E-state index contributed by atoms with van der Waals surface area (Å²) in [5.41, 5.74) is 2.06. The molecule has 0 unspecified atom stereocenters. The van der Waals surface area contributed by atoms with Gasteiger partial charge in [-0.2, -0.15) is 0 Å². The van der Waals surface area contributed by atoms with Gasteiger partial charge in [-0.1, -0.05) is 24.3 Å². The van der Waals surface area contributed by atoms with Crippen molar-refractivity contribution in [2.24, 2.45) is 0 Å². The van der Waals surface area contributed by atoms with E-state index in [1.165, 1.54) is 0 Å². The van der Waals surface area contributed by atoms with Gasteiger partial charge in [0.1, 0.15) is 0 Å². The molecule has 0 bridgehead atoms. The molecule has 16 heavy (non-hydrogen) atoms. The Balaban J connectivity index is 2.58. The molecular weight excluding hydrogens is 198 g/mol. The second-order valence-electron chi connectivity index (χ2n) is 3.88. The molecular formula is C14H15NO. The third-order valence-electron chi connectivity index (χ3n) is 2.71. The number of rotatable bonds is 3. The highest BCUT2D eigenvalue weighted by molar-refractivity contribution is 5.92. The highest BCUT2D eigenvalue weighted by Gasteiger charge is 2.10. The molecule has 82 valence electrons. The maximum atomic E-state index is 11.6. The van der Waals surface area contributed by atoms with Crippen LogP contribution in [0.3, 0.4) is 0 Å². The minimum Gasteiger partial charge on any atom is -0.284 e. The van der Waals surface area contributed by atoms with Crippen molar-refractivity contribution in [3.8, 4) is 0 Å². The molecule has 2 rings (SSSR count). The highest BCUT2D eigenvalue weighted by atomic mass is 16.1. The Kier molecular flexibility index (Phi) is 2.91. The molecule has 0 amide bonds. The number of nitrogens with zero attached hydrogens (tertiary/aromatic N) is 1. The van der Waals surface area contributed by atoms with Crippen molar-refractivity contribution < 1.29 is 4.79 Å². The van der Waals surface area contributed by atoms with Crippen molar-refractivity contribution in [2.45, 2.75) is 19.8 Å². The van der Waals surface area contributed by atoms with Gasteiger partial charge in [0, 0.05) is 18.0 Å². The fourth-order valence-electron chi connectivity index (χ4n) is 2.02. The zero-order valence-electron chi connectivity index (χ0n) is 9.44. The average molecular weight is 213 g/mol. The minimum atomic E-state index is 0.0697. The Morgan fingerprint density at radius 2 is 2.19 bits per heavy atom. The number of aryl methyl sites for hydroxylation is 1. The standard InChI is InChI=1S/C14H15NO/c1-3-4-8-13-10-12-7-5-6-9-14(12)15(13)11(2)16/h3,5-7,9-10H,1,4,8H2,2H3. The molecule has 0 radical (unpaired) electrons. The summed E-state index contributed by atoms with van der Waals surface area (Å²) in [7, 11) is 0. The van der Waals surface area contributed by atoms with Crippen LogP contribution in [0.15, 0.2) is 43.0 Å². The van der Waals surface area contributed by atoms with Crippen LogP contribution < -0.4 is 0 Å². The molecule has 1 aromatic carbocycles. The van der Waals surface area contributed by atoms with Crippen LogP contribution in [-0.4, -0.2) is 10.5 Å². The minimum absolute atomic E-state index is 0.0697. The summed E-state index contributed by atoms with van der Waals surface area (Å²) in [6.45, 7) is 5.31. The second-order valence-corrected chi connectivity index (χ2v) is 3.88. The van der Waals surface area contributed by atoms with Gasteiger partial charge in [-0.25, -0.2) is 0 Å². The predicted octanol–water partition coefficient (Wildman–Crippen LogP) is 3.42. The number of fused-ring (bicyclic) bond motifs is 1. The van der Waals surface area contributed by atoms with Gasteiger partial charge in [0.15, 0.2) is 0 Å². The number of para-hydroxylation sites is 1. The summed E-state index contributed by atoms with van der Waals surface area (Å²) in [5.74, 6) is 0.0697. The lowest BCUT2D eigenvalue weighted by molar-refractivity contribution is 0.0939. The molecule has 0 aliphatic carbocycles. The van der Waals surface area contributed by atoms with Gasteiger partial charge >= 0.3 is 0 Å². The molecule has 0 saturated heterocycles. The Hall–Kier alpha value is -1.83. The molecule has 2 aromatic rings. The maximum absolute atomic E-state index is 11.6. The number of aromatic nitrogens is 1. The summed E-state index contributed by atoms with van der Waals surface area (Å²) in [5, 5.41) is 1.12. The first kappa shape index (κ1) is 10.7. The van der Waals surface area contributed by atoms with E-state index in [0.29, 0.717) is 0 Å². The Bertz CT molecular complexity index is 537. The van der Waals surface area contributed by atoms with E-state index in [9.17, 15) is 4.79 Å².